The van der Waals surface area contributed by atoms with Gasteiger partial charge in [-0.15, -0.1) is 0 Å². The van der Waals surface area contributed by atoms with Crippen molar-refractivity contribution in [3.63, 3.8) is 0 Å². The summed E-state index contributed by atoms with van der Waals surface area (Å²) >= 11 is 3.18. The van der Waals surface area contributed by atoms with Gasteiger partial charge in [0.25, 0.3) is 0 Å². The number of nitrogens with zero attached hydrogens (tertiary/aromatic N) is 1. The van der Waals surface area contributed by atoms with Crippen LogP contribution >= 0.6 is 23.3 Å². The summed E-state index contributed by atoms with van der Waals surface area (Å²) in [5, 5.41) is 4.18. The zero-order chi connectivity index (χ0) is 10.4. The maximum Gasteiger partial charge on any atom is 0.197 e. The third-order valence-electron chi connectivity index (χ3n) is 1.69. The highest BCUT2D eigenvalue weighted by molar-refractivity contribution is 7.98. The molecule has 1 rings (SSSR count). The largest absolute Gasteiger partial charge is 0.490 e. The van der Waals surface area contributed by atoms with Crippen LogP contribution in [0.4, 0.5) is 10.8 Å². The third-order valence-corrected chi connectivity index (χ3v) is 3.19. The number of ether oxygens (including phenoxy) is 1. The lowest BCUT2D eigenvalue weighted by Crippen LogP contribution is -2.02. The maximum atomic E-state index is 5.61. The van der Waals surface area contributed by atoms with Crippen LogP contribution in [0.2, 0.25) is 0 Å². The minimum Gasteiger partial charge on any atom is -0.490 e. The molecule has 0 spiro atoms. The van der Waals surface area contributed by atoms with Crippen molar-refractivity contribution >= 4 is 34.1 Å². The van der Waals surface area contributed by atoms with Gasteiger partial charge in [0.2, 0.25) is 0 Å². The van der Waals surface area contributed by atoms with Crippen LogP contribution in [-0.2, 0) is 0 Å². The van der Waals surface area contributed by atoms with Gasteiger partial charge in [-0.3, -0.25) is 0 Å². The molecular formula is C8H15N3OS2. The van der Waals surface area contributed by atoms with Gasteiger partial charge in [0.1, 0.15) is 0 Å². The van der Waals surface area contributed by atoms with Crippen LogP contribution in [-0.4, -0.2) is 30.0 Å². The number of aromatic nitrogens is 1. The van der Waals surface area contributed by atoms with Gasteiger partial charge in [-0.2, -0.15) is 16.1 Å². The molecular weight excluding hydrogens is 218 g/mol. The first-order valence-electron chi connectivity index (χ1n) is 4.31. The van der Waals surface area contributed by atoms with E-state index in [1.165, 1.54) is 11.5 Å². The van der Waals surface area contributed by atoms with Crippen LogP contribution in [0.5, 0.6) is 5.75 Å². The molecule has 0 saturated heterocycles. The van der Waals surface area contributed by atoms with Crippen molar-refractivity contribution in [2.75, 3.05) is 36.7 Å². The smallest absolute Gasteiger partial charge is 0.197 e. The van der Waals surface area contributed by atoms with Crippen molar-refractivity contribution in [2.24, 2.45) is 0 Å². The molecule has 1 aromatic rings. The molecule has 0 aliphatic rings. The number of nitrogen functional groups attached to an aromatic ring is 1. The molecule has 0 bridgehead atoms. The number of nitrogens with two attached hydrogens (primary N) is 1. The lowest BCUT2D eigenvalue weighted by atomic mass is 10.4. The van der Waals surface area contributed by atoms with E-state index in [0.29, 0.717) is 11.6 Å². The highest BCUT2D eigenvalue weighted by Gasteiger charge is 2.10. The predicted molar refractivity (Wildman–Crippen MR) is 64.6 cm³/mol. The van der Waals surface area contributed by atoms with Crippen LogP contribution in [0.3, 0.4) is 0 Å². The van der Waals surface area contributed by atoms with E-state index in [0.717, 1.165) is 23.7 Å². The zero-order valence-corrected chi connectivity index (χ0v) is 10.0. The molecule has 3 N–H and O–H groups in total. The van der Waals surface area contributed by atoms with Crippen LogP contribution in [0.25, 0.3) is 0 Å². The van der Waals surface area contributed by atoms with Crippen molar-refractivity contribution in [1.82, 2.24) is 4.37 Å². The summed E-state index contributed by atoms with van der Waals surface area (Å²) in [6, 6.07) is 0. The second-order valence-corrected chi connectivity index (χ2v) is 4.46. The number of thioether (sulfide) groups is 1. The van der Waals surface area contributed by atoms with Gasteiger partial charge in [-0.25, -0.2) is 0 Å². The molecule has 0 aromatic carbocycles. The Bertz CT molecular complexity index is 278. The lowest BCUT2D eigenvalue weighted by Gasteiger charge is -2.04. The average molecular weight is 233 g/mol. The first-order valence-corrected chi connectivity index (χ1v) is 6.48. The highest BCUT2D eigenvalue weighted by Crippen LogP contribution is 2.34. The van der Waals surface area contributed by atoms with Gasteiger partial charge < -0.3 is 15.8 Å². The summed E-state index contributed by atoms with van der Waals surface area (Å²) in [6.45, 7) is 0.929. The molecule has 80 valence electrons. The predicted octanol–water partition coefficient (Wildman–Crippen LogP) is 1.90. The van der Waals surface area contributed by atoms with Crippen LogP contribution in [0, 0.1) is 0 Å². The van der Waals surface area contributed by atoms with Gasteiger partial charge in [0.05, 0.1) is 7.11 Å². The fourth-order valence-corrected chi connectivity index (χ4v) is 2.17. The minimum atomic E-state index is 0.463. The van der Waals surface area contributed by atoms with E-state index in [1.54, 1.807) is 7.11 Å². The van der Waals surface area contributed by atoms with Crippen molar-refractivity contribution in [2.45, 2.75) is 6.42 Å². The van der Waals surface area contributed by atoms with Crippen molar-refractivity contribution in [3.8, 4) is 5.75 Å². The lowest BCUT2D eigenvalue weighted by molar-refractivity contribution is 0.419. The normalized spacial score (nSPS) is 10.1. The zero-order valence-electron chi connectivity index (χ0n) is 8.37. The summed E-state index contributed by atoms with van der Waals surface area (Å²) in [7, 11) is 1.60. The molecule has 0 aliphatic carbocycles. The molecule has 0 saturated carbocycles. The summed E-state index contributed by atoms with van der Waals surface area (Å²) in [6.07, 6.45) is 3.23. The van der Waals surface area contributed by atoms with E-state index in [9.17, 15) is 0 Å². The fourth-order valence-electron chi connectivity index (χ4n) is 1.02. The second kappa shape index (κ2) is 5.98. The van der Waals surface area contributed by atoms with E-state index in [4.69, 9.17) is 10.5 Å². The van der Waals surface area contributed by atoms with Crippen LogP contribution in [0.1, 0.15) is 6.42 Å². The quantitative estimate of drug-likeness (QED) is 0.735. The topological polar surface area (TPSA) is 60.2 Å². The van der Waals surface area contributed by atoms with Gasteiger partial charge in [-0.05, 0) is 30.0 Å². The molecule has 0 fully saturated rings. The standard InChI is InChI=1S/C8H15N3OS2/c1-12-6-7(9)11-14-8(6)10-4-3-5-13-2/h10H,3-5H2,1-2H3,(H2,9,11). The van der Waals surface area contributed by atoms with E-state index in [2.05, 4.69) is 15.9 Å². The third kappa shape index (κ3) is 2.95. The maximum absolute atomic E-state index is 5.61. The highest BCUT2D eigenvalue weighted by atomic mass is 32.2. The van der Waals surface area contributed by atoms with Gasteiger partial charge in [-0.1, -0.05) is 0 Å². The molecule has 0 amide bonds. The average Bonchev–Trinajstić information content (AvgIpc) is 2.54. The van der Waals surface area contributed by atoms with Gasteiger partial charge in [0, 0.05) is 6.54 Å². The Balaban J connectivity index is 2.42. The Morgan fingerprint density at radius 3 is 3.07 bits per heavy atom. The molecule has 0 atom stereocenters. The van der Waals surface area contributed by atoms with E-state index in [-0.39, 0.29) is 0 Å². The Hall–Kier alpha value is -0.620. The Morgan fingerprint density at radius 2 is 2.43 bits per heavy atom. The SMILES string of the molecule is COc1c(N)nsc1NCCCSC. The Morgan fingerprint density at radius 1 is 1.64 bits per heavy atom. The van der Waals surface area contributed by atoms with E-state index < -0.39 is 0 Å². The molecule has 1 heterocycles. The number of hydrogen-bond acceptors (Lipinski definition) is 6. The number of nitrogens with one attached hydrogen (secondary N) is 1. The Labute approximate surface area is 92.4 Å². The number of anilines is 2. The molecule has 0 aliphatic heterocycles. The van der Waals surface area contributed by atoms with E-state index in [1.807, 2.05) is 11.8 Å². The molecule has 1 aromatic heterocycles. The van der Waals surface area contributed by atoms with Crippen molar-refractivity contribution in [1.29, 1.82) is 0 Å². The fraction of sp³-hybridized carbons (Fsp3) is 0.625. The Kier molecular flexibility index (Phi) is 4.89. The molecule has 0 unspecified atom stereocenters. The first kappa shape index (κ1) is 11.5. The number of methoxy groups -OCH3 is 1. The van der Waals surface area contributed by atoms with Crippen molar-refractivity contribution < 1.29 is 4.74 Å². The monoisotopic (exact) mass is 233 g/mol. The number of rotatable bonds is 6. The first-order chi connectivity index (χ1) is 6.79. The molecule has 14 heavy (non-hydrogen) atoms. The minimum absolute atomic E-state index is 0.463. The molecule has 4 nitrogen and oxygen atoms in total. The van der Waals surface area contributed by atoms with Crippen LogP contribution < -0.4 is 15.8 Å². The number of hydrogen-bond donors (Lipinski definition) is 2. The summed E-state index contributed by atoms with van der Waals surface area (Å²) < 4.78 is 9.14. The van der Waals surface area contributed by atoms with Crippen LogP contribution in [0.15, 0.2) is 0 Å². The van der Waals surface area contributed by atoms with Gasteiger partial charge >= 0.3 is 0 Å². The summed E-state index contributed by atoms with van der Waals surface area (Å²) in [4.78, 5) is 0. The van der Waals surface area contributed by atoms with Gasteiger partial charge in [0.15, 0.2) is 16.6 Å². The van der Waals surface area contributed by atoms with Crippen molar-refractivity contribution in [3.05, 3.63) is 0 Å². The summed E-state index contributed by atoms with van der Waals surface area (Å²) in [5.74, 6) is 2.29. The molecule has 6 heteroatoms. The molecule has 0 radical (unpaired) electrons. The summed E-state index contributed by atoms with van der Waals surface area (Å²) in [5.41, 5.74) is 5.61. The van der Waals surface area contributed by atoms with E-state index >= 15 is 0 Å². The second-order valence-electron chi connectivity index (χ2n) is 2.70.